The Balaban J connectivity index is 1.40. The number of carbonyl (C=O) groups is 2. The summed E-state index contributed by atoms with van der Waals surface area (Å²) < 4.78 is 10.9. The van der Waals surface area contributed by atoms with E-state index >= 15 is 0 Å². The van der Waals surface area contributed by atoms with Crippen LogP contribution in [0.4, 0.5) is 5.82 Å². The summed E-state index contributed by atoms with van der Waals surface area (Å²) in [4.78, 5) is 35.7. The van der Waals surface area contributed by atoms with Gasteiger partial charge in [-0.25, -0.2) is 4.98 Å². The smallest absolute Gasteiger partial charge is 0.201 e. The highest BCUT2D eigenvalue weighted by Gasteiger charge is 2.35. The first kappa shape index (κ1) is 21.2. The molecule has 1 aromatic heterocycles. The van der Waals surface area contributed by atoms with Gasteiger partial charge in [0.1, 0.15) is 17.3 Å². The van der Waals surface area contributed by atoms with Gasteiger partial charge in [0.2, 0.25) is 5.78 Å². The van der Waals surface area contributed by atoms with Crippen LogP contribution in [0.25, 0.3) is 0 Å². The van der Waals surface area contributed by atoms with Crippen molar-refractivity contribution in [1.29, 1.82) is 0 Å². The molecule has 1 saturated heterocycles. The van der Waals surface area contributed by atoms with E-state index < -0.39 is 0 Å². The van der Waals surface area contributed by atoms with Crippen LogP contribution in [0.3, 0.4) is 0 Å². The van der Waals surface area contributed by atoms with E-state index in [1.807, 2.05) is 36.5 Å². The lowest BCUT2D eigenvalue weighted by Crippen LogP contribution is -2.46. The Bertz CT molecular complexity index is 1220. The Kier molecular flexibility index (Phi) is 5.56. The van der Waals surface area contributed by atoms with E-state index in [1.165, 1.54) is 14.2 Å². The molecule has 1 aliphatic heterocycles. The highest BCUT2D eigenvalue weighted by Crippen LogP contribution is 2.38. The maximum absolute atomic E-state index is 13.4. The van der Waals surface area contributed by atoms with Gasteiger partial charge >= 0.3 is 0 Å². The lowest BCUT2D eigenvalue weighted by atomic mass is 9.82. The summed E-state index contributed by atoms with van der Waals surface area (Å²) in [5.74, 6) is 1.38. The number of pyridine rings is 1. The van der Waals surface area contributed by atoms with Crippen LogP contribution >= 0.6 is 0 Å². The van der Waals surface area contributed by atoms with Gasteiger partial charge in [0.25, 0.3) is 0 Å². The number of hydrogen-bond donors (Lipinski definition) is 0. The van der Waals surface area contributed by atoms with Crippen molar-refractivity contribution in [3.8, 4) is 11.5 Å². The van der Waals surface area contributed by atoms with E-state index in [-0.39, 0.29) is 11.6 Å². The molecular formula is C26H25N3O4. The zero-order chi connectivity index (χ0) is 22.9. The second kappa shape index (κ2) is 8.67. The van der Waals surface area contributed by atoms with Crippen LogP contribution in [0.15, 0.2) is 54.7 Å². The average molecular weight is 444 g/mol. The number of ketones is 2. The van der Waals surface area contributed by atoms with Crippen molar-refractivity contribution in [2.45, 2.75) is 6.54 Å². The average Bonchev–Trinajstić information content (AvgIpc) is 2.87. The summed E-state index contributed by atoms with van der Waals surface area (Å²) in [7, 11) is 3.03. The Labute approximate surface area is 192 Å². The normalized spacial score (nSPS) is 15.8. The van der Waals surface area contributed by atoms with Gasteiger partial charge in [0, 0.05) is 50.0 Å². The van der Waals surface area contributed by atoms with E-state index in [2.05, 4.69) is 14.8 Å². The molecule has 3 aromatic rings. The topological polar surface area (TPSA) is 72.0 Å². The molecule has 2 aromatic carbocycles. The molecule has 0 radical (unpaired) electrons. The lowest BCUT2D eigenvalue weighted by molar-refractivity contribution is 0.0973. The van der Waals surface area contributed by atoms with Crippen LogP contribution < -0.4 is 14.4 Å². The molecule has 1 aliphatic carbocycles. The fourth-order valence-electron chi connectivity index (χ4n) is 4.67. The number of fused-ring (bicyclic) bond motifs is 2. The zero-order valence-electron chi connectivity index (χ0n) is 18.7. The van der Waals surface area contributed by atoms with Crippen LogP contribution in [0.2, 0.25) is 0 Å². The standard InChI is InChI=1S/C26H25N3O4/c1-32-20-7-5-6-18-23(20)26(31)24-19(25(18)30)14-17(15-21(24)33-2)16-28-10-12-29(13-11-28)22-8-3-4-9-27-22/h3-9,14-15H,10-13,16H2,1-2H3. The minimum atomic E-state index is -0.246. The first-order chi connectivity index (χ1) is 16.1. The van der Waals surface area contributed by atoms with Crippen molar-refractivity contribution in [2.24, 2.45) is 0 Å². The Morgan fingerprint density at radius 2 is 1.58 bits per heavy atom. The molecule has 0 spiro atoms. The van der Waals surface area contributed by atoms with Crippen LogP contribution in [0.5, 0.6) is 11.5 Å². The van der Waals surface area contributed by atoms with Crippen LogP contribution in [-0.2, 0) is 6.54 Å². The fraction of sp³-hybridized carbons (Fsp3) is 0.269. The predicted octanol–water partition coefficient (Wildman–Crippen LogP) is 3.20. The summed E-state index contributed by atoms with van der Waals surface area (Å²) >= 11 is 0. The minimum absolute atomic E-state index is 0.182. The molecular weight excluding hydrogens is 418 g/mol. The number of ether oxygens (including phenoxy) is 2. The van der Waals surface area contributed by atoms with Gasteiger partial charge in [-0.05, 0) is 35.9 Å². The SMILES string of the molecule is COc1cccc2c1C(=O)c1c(OC)cc(CN3CCN(c4ccccn4)CC3)cc1C2=O. The third-order valence-electron chi connectivity index (χ3n) is 6.32. The first-order valence-electron chi connectivity index (χ1n) is 11.0. The number of aromatic nitrogens is 1. The van der Waals surface area contributed by atoms with Crippen LogP contribution in [-0.4, -0.2) is 61.8 Å². The Morgan fingerprint density at radius 3 is 2.27 bits per heavy atom. The summed E-state index contributed by atoms with van der Waals surface area (Å²) in [6, 6.07) is 14.8. The Morgan fingerprint density at radius 1 is 0.818 bits per heavy atom. The number of rotatable bonds is 5. The van der Waals surface area contributed by atoms with E-state index in [0.29, 0.717) is 40.3 Å². The molecule has 2 heterocycles. The van der Waals surface area contributed by atoms with E-state index in [0.717, 1.165) is 37.6 Å². The molecule has 7 nitrogen and oxygen atoms in total. The highest BCUT2D eigenvalue weighted by atomic mass is 16.5. The third-order valence-corrected chi connectivity index (χ3v) is 6.32. The summed E-state index contributed by atoms with van der Waals surface area (Å²) in [5, 5.41) is 0. The number of hydrogen-bond acceptors (Lipinski definition) is 7. The van der Waals surface area contributed by atoms with Crippen molar-refractivity contribution in [2.75, 3.05) is 45.3 Å². The van der Waals surface area contributed by atoms with Crippen LogP contribution in [0.1, 0.15) is 37.4 Å². The Hall–Kier alpha value is -3.71. The minimum Gasteiger partial charge on any atom is -0.496 e. The monoisotopic (exact) mass is 443 g/mol. The van der Waals surface area contributed by atoms with Gasteiger partial charge in [-0.2, -0.15) is 0 Å². The number of piperazine rings is 1. The summed E-state index contributed by atoms with van der Waals surface area (Å²) in [6.45, 7) is 4.19. The molecule has 0 atom stereocenters. The second-order valence-corrected chi connectivity index (χ2v) is 8.21. The maximum Gasteiger partial charge on any atom is 0.201 e. The summed E-state index contributed by atoms with van der Waals surface area (Å²) in [5.41, 5.74) is 2.32. The number of benzene rings is 2. The van der Waals surface area contributed by atoms with Crippen molar-refractivity contribution in [3.63, 3.8) is 0 Å². The van der Waals surface area contributed by atoms with E-state index in [1.54, 1.807) is 18.2 Å². The molecule has 0 saturated carbocycles. The molecule has 2 aliphatic rings. The van der Waals surface area contributed by atoms with Gasteiger partial charge in [0.15, 0.2) is 5.78 Å². The predicted molar refractivity (Wildman–Crippen MR) is 125 cm³/mol. The van der Waals surface area contributed by atoms with E-state index in [9.17, 15) is 9.59 Å². The van der Waals surface area contributed by atoms with Gasteiger partial charge in [-0.15, -0.1) is 0 Å². The van der Waals surface area contributed by atoms with Gasteiger partial charge in [-0.1, -0.05) is 18.2 Å². The zero-order valence-corrected chi connectivity index (χ0v) is 18.7. The largest absolute Gasteiger partial charge is 0.496 e. The van der Waals surface area contributed by atoms with E-state index in [4.69, 9.17) is 9.47 Å². The van der Waals surface area contributed by atoms with Crippen molar-refractivity contribution < 1.29 is 19.1 Å². The van der Waals surface area contributed by atoms with Crippen LogP contribution in [0, 0.1) is 0 Å². The summed E-state index contributed by atoms with van der Waals surface area (Å²) in [6.07, 6.45) is 1.81. The number of carbonyl (C=O) groups excluding carboxylic acids is 2. The maximum atomic E-state index is 13.4. The molecule has 0 unspecified atom stereocenters. The van der Waals surface area contributed by atoms with Crippen molar-refractivity contribution in [3.05, 3.63) is 82.5 Å². The van der Waals surface area contributed by atoms with Gasteiger partial charge in [-0.3, -0.25) is 14.5 Å². The number of methoxy groups -OCH3 is 2. The molecule has 0 N–H and O–H groups in total. The molecule has 0 amide bonds. The highest BCUT2D eigenvalue weighted by molar-refractivity contribution is 6.30. The van der Waals surface area contributed by atoms with Crippen molar-refractivity contribution in [1.82, 2.24) is 9.88 Å². The molecule has 5 rings (SSSR count). The fourth-order valence-corrected chi connectivity index (χ4v) is 4.67. The molecule has 33 heavy (non-hydrogen) atoms. The quantitative estimate of drug-likeness (QED) is 0.469. The first-order valence-corrected chi connectivity index (χ1v) is 11.0. The molecule has 0 bridgehead atoms. The van der Waals surface area contributed by atoms with Crippen molar-refractivity contribution >= 4 is 17.4 Å². The van der Waals surface area contributed by atoms with Gasteiger partial charge in [0.05, 0.1) is 25.3 Å². The molecule has 7 heteroatoms. The molecule has 1 fully saturated rings. The second-order valence-electron chi connectivity index (χ2n) is 8.21. The molecule has 168 valence electrons. The number of anilines is 1. The number of nitrogens with zero attached hydrogens (tertiary/aromatic N) is 3. The third kappa shape index (κ3) is 3.74. The van der Waals surface area contributed by atoms with Gasteiger partial charge < -0.3 is 14.4 Å². The lowest BCUT2D eigenvalue weighted by Gasteiger charge is -2.35.